The number of rotatable bonds is 2. The molecular formula is C6H7ClN4O2. The third-order valence-electron chi connectivity index (χ3n) is 1.35. The van der Waals surface area contributed by atoms with Gasteiger partial charge in [0.1, 0.15) is 12.2 Å². The van der Waals surface area contributed by atoms with Gasteiger partial charge in [-0.25, -0.2) is 4.98 Å². The predicted molar refractivity (Wildman–Crippen MR) is 47.1 cm³/mol. The van der Waals surface area contributed by atoms with Crippen molar-refractivity contribution in [2.75, 3.05) is 5.73 Å². The standard InChI is InChI=1S/C6H7ClN4O2/c7-5-4(9)6(13)11(2-10-5)1-3(8)12/h2H,1,9H2,(H2,8,12). The lowest BCUT2D eigenvalue weighted by atomic mass is 10.5. The Labute approximate surface area is 78.1 Å². The zero-order valence-electron chi connectivity index (χ0n) is 6.53. The maximum absolute atomic E-state index is 11.2. The lowest BCUT2D eigenvalue weighted by molar-refractivity contribution is -0.118. The highest BCUT2D eigenvalue weighted by molar-refractivity contribution is 6.31. The SMILES string of the molecule is NC(=O)Cn1cnc(Cl)c(N)c1=O. The largest absolute Gasteiger partial charge is 0.392 e. The van der Waals surface area contributed by atoms with Gasteiger partial charge in [0.25, 0.3) is 5.56 Å². The summed E-state index contributed by atoms with van der Waals surface area (Å²) in [6, 6.07) is 0. The average molecular weight is 203 g/mol. The fourth-order valence-electron chi connectivity index (χ4n) is 0.766. The molecule has 0 saturated heterocycles. The van der Waals surface area contributed by atoms with Gasteiger partial charge in [-0.15, -0.1) is 0 Å². The molecule has 1 rings (SSSR count). The van der Waals surface area contributed by atoms with E-state index < -0.39 is 11.5 Å². The third-order valence-corrected chi connectivity index (χ3v) is 1.65. The molecular weight excluding hydrogens is 196 g/mol. The van der Waals surface area contributed by atoms with E-state index >= 15 is 0 Å². The van der Waals surface area contributed by atoms with Crippen LogP contribution in [0.3, 0.4) is 0 Å². The van der Waals surface area contributed by atoms with Gasteiger partial charge in [-0.05, 0) is 0 Å². The van der Waals surface area contributed by atoms with Crippen LogP contribution < -0.4 is 17.0 Å². The van der Waals surface area contributed by atoms with Gasteiger partial charge in [0.05, 0.1) is 6.33 Å². The molecule has 70 valence electrons. The second-order valence-electron chi connectivity index (χ2n) is 2.35. The number of hydrogen-bond donors (Lipinski definition) is 2. The fourth-order valence-corrected chi connectivity index (χ4v) is 0.890. The number of amides is 1. The Morgan fingerprint density at radius 1 is 1.69 bits per heavy atom. The quantitative estimate of drug-likeness (QED) is 0.598. The third kappa shape index (κ3) is 1.97. The lowest BCUT2D eigenvalue weighted by Crippen LogP contribution is -2.29. The smallest absolute Gasteiger partial charge is 0.278 e. The molecule has 1 aromatic rings. The maximum atomic E-state index is 11.2. The monoisotopic (exact) mass is 202 g/mol. The molecule has 1 aromatic heterocycles. The molecule has 0 radical (unpaired) electrons. The topological polar surface area (TPSA) is 104 Å². The Kier molecular flexibility index (Phi) is 2.52. The van der Waals surface area contributed by atoms with Gasteiger partial charge < -0.3 is 11.5 Å². The van der Waals surface area contributed by atoms with Gasteiger partial charge in [0.15, 0.2) is 5.15 Å². The number of carbonyl (C=O) groups is 1. The summed E-state index contributed by atoms with van der Waals surface area (Å²) in [5, 5.41) is -0.0780. The lowest BCUT2D eigenvalue weighted by Gasteiger charge is -2.02. The first-order chi connectivity index (χ1) is 6.02. The molecule has 6 nitrogen and oxygen atoms in total. The molecule has 0 saturated carbocycles. The Bertz CT molecular complexity index is 400. The van der Waals surface area contributed by atoms with E-state index in [4.69, 9.17) is 23.1 Å². The van der Waals surface area contributed by atoms with Gasteiger partial charge in [-0.1, -0.05) is 11.6 Å². The number of hydrogen-bond acceptors (Lipinski definition) is 4. The first kappa shape index (κ1) is 9.53. The van der Waals surface area contributed by atoms with Crippen molar-refractivity contribution in [1.82, 2.24) is 9.55 Å². The van der Waals surface area contributed by atoms with Crippen LogP contribution >= 0.6 is 11.6 Å². The number of halogens is 1. The van der Waals surface area contributed by atoms with Crippen molar-refractivity contribution in [3.8, 4) is 0 Å². The minimum atomic E-state index is -0.648. The molecule has 0 aromatic carbocycles. The molecule has 7 heteroatoms. The number of carbonyl (C=O) groups excluding carboxylic acids is 1. The number of nitrogens with two attached hydrogens (primary N) is 2. The van der Waals surface area contributed by atoms with Gasteiger partial charge >= 0.3 is 0 Å². The fraction of sp³-hybridized carbons (Fsp3) is 0.167. The zero-order chi connectivity index (χ0) is 10.0. The Morgan fingerprint density at radius 2 is 2.31 bits per heavy atom. The van der Waals surface area contributed by atoms with Crippen LogP contribution in [-0.4, -0.2) is 15.5 Å². The van der Waals surface area contributed by atoms with E-state index in [0.717, 1.165) is 10.9 Å². The van der Waals surface area contributed by atoms with Crippen LogP contribution in [-0.2, 0) is 11.3 Å². The van der Waals surface area contributed by atoms with Crippen molar-refractivity contribution < 1.29 is 4.79 Å². The van der Waals surface area contributed by atoms with Crippen LogP contribution in [0.4, 0.5) is 5.69 Å². The van der Waals surface area contributed by atoms with Crippen LogP contribution in [0.15, 0.2) is 11.1 Å². The van der Waals surface area contributed by atoms with Crippen LogP contribution in [0.5, 0.6) is 0 Å². The van der Waals surface area contributed by atoms with E-state index in [2.05, 4.69) is 4.98 Å². The summed E-state index contributed by atoms with van der Waals surface area (Å²) in [5.41, 5.74) is 9.40. The molecule has 0 spiro atoms. The summed E-state index contributed by atoms with van der Waals surface area (Å²) in [7, 11) is 0. The number of nitrogens with zero attached hydrogens (tertiary/aromatic N) is 2. The zero-order valence-corrected chi connectivity index (χ0v) is 7.28. The average Bonchev–Trinajstić information content (AvgIpc) is 2.06. The minimum absolute atomic E-state index is 0.0780. The van der Waals surface area contributed by atoms with E-state index in [0.29, 0.717) is 0 Å². The normalized spacial score (nSPS) is 9.92. The van der Waals surface area contributed by atoms with Gasteiger partial charge in [0, 0.05) is 0 Å². The summed E-state index contributed by atoms with van der Waals surface area (Å²) < 4.78 is 0.990. The minimum Gasteiger partial charge on any atom is -0.392 e. The summed E-state index contributed by atoms with van der Waals surface area (Å²) >= 11 is 5.46. The molecule has 4 N–H and O–H groups in total. The highest BCUT2D eigenvalue weighted by Crippen LogP contribution is 2.07. The molecule has 0 aliphatic heterocycles. The van der Waals surface area contributed by atoms with Crippen LogP contribution in [0.2, 0.25) is 5.15 Å². The van der Waals surface area contributed by atoms with E-state index in [-0.39, 0.29) is 17.4 Å². The maximum Gasteiger partial charge on any atom is 0.278 e. The van der Waals surface area contributed by atoms with Gasteiger partial charge in [-0.2, -0.15) is 0 Å². The second-order valence-corrected chi connectivity index (χ2v) is 2.71. The Balaban J connectivity index is 3.19. The van der Waals surface area contributed by atoms with E-state index in [1.165, 1.54) is 0 Å². The van der Waals surface area contributed by atoms with Crippen molar-refractivity contribution in [1.29, 1.82) is 0 Å². The van der Waals surface area contributed by atoms with Gasteiger partial charge in [-0.3, -0.25) is 14.2 Å². The van der Waals surface area contributed by atoms with Crippen LogP contribution in [0, 0.1) is 0 Å². The number of anilines is 1. The van der Waals surface area contributed by atoms with Crippen molar-refractivity contribution in [2.24, 2.45) is 5.73 Å². The molecule has 0 fully saturated rings. The summed E-state index contributed by atoms with van der Waals surface area (Å²) in [5.74, 6) is -0.648. The number of aromatic nitrogens is 2. The molecule has 13 heavy (non-hydrogen) atoms. The van der Waals surface area contributed by atoms with Crippen molar-refractivity contribution in [2.45, 2.75) is 6.54 Å². The summed E-state index contributed by atoms with van der Waals surface area (Å²) in [4.78, 5) is 25.3. The molecule has 0 atom stereocenters. The van der Waals surface area contributed by atoms with E-state index in [9.17, 15) is 9.59 Å². The first-order valence-electron chi connectivity index (χ1n) is 3.31. The summed E-state index contributed by atoms with van der Waals surface area (Å²) in [6.07, 6.45) is 1.12. The molecule has 1 heterocycles. The van der Waals surface area contributed by atoms with Crippen molar-refractivity contribution in [3.63, 3.8) is 0 Å². The van der Waals surface area contributed by atoms with Crippen molar-refractivity contribution >= 4 is 23.2 Å². The number of nitrogen functional groups attached to an aromatic ring is 1. The summed E-state index contributed by atoms with van der Waals surface area (Å²) in [6.45, 7) is -0.257. The van der Waals surface area contributed by atoms with E-state index in [1.54, 1.807) is 0 Å². The second kappa shape index (κ2) is 3.44. The molecule has 0 aliphatic carbocycles. The Morgan fingerprint density at radius 3 is 2.85 bits per heavy atom. The van der Waals surface area contributed by atoms with Crippen LogP contribution in [0.1, 0.15) is 0 Å². The van der Waals surface area contributed by atoms with Gasteiger partial charge in [0.2, 0.25) is 5.91 Å². The molecule has 1 amide bonds. The first-order valence-corrected chi connectivity index (χ1v) is 3.69. The van der Waals surface area contributed by atoms with E-state index in [1.807, 2.05) is 0 Å². The predicted octanol–water partition coefficient (Wildman–Crippen LogP) is -1.04. The number of primary amides is 1. The highest BCUT2D eigenvalue weighted by atomic mass is 35.5. The molecule has 0 unspecified atom stereocenters. The molecule has 0 bridgehead atoms. The highest BCUT2D eigenvalue weighted by Gasteiger charge is 2.07. The van der Waals surface area contributed by atoms with Crippen LogP contribution in [0.25, 0.3) is 0 Å². The molecule has 0 aliphatic rings. The Hall–Kier alpha value is -1.56. The van der Waals surface area contributed by atoms with Crippen molar-refractivity contribution in [3.05, 3.63) is 21.8 Å².